The average molecular weight is 253 g/mol. The Morgan fingerprint density at radius 2 is 2.05 bits per heavy atom. The molecule has 1 aromatic heterocycles. The molecule has 1 aromatic carbocycles. The number of para-hydroxylation sites is 1. The molecule has 0 saturated heterocycles. The second-order valence-electron chi connectivity index (χ2n) is 5.07. The molecule has 1 saturated carbocycles. The van der Waals surface area contributed by atoms with Gasteiger partial charge in [0.25, 0.3) is 0 Å². The van der Waals surface area contributed by atoms with Crippen molar-refractivity contribution in [3.63, 3.8) is 0 Å². The minimum absolute atomic E-state index is 0.0895. The molecule has 1 aliphatic carbocycles. The standard InChI is InChI=1S/C16H15NO2/c18-12-5-3-4-11(10-12)16(19)14-8-9-17-15-7-2-1-6-13(14)15/h1-2,6-9,11H,3-5,10H2. The van der Waals surface area contributed by atoms with Crippen molar-refractivity contribution in [1.29, 1.82) is 0 Å². The van der Waals surface area contributed by atoms with Crippen molar-refractivity contribution >= 4 is 22.5 Å². The highest BCUT2D eigenvalue weighted by atomic mass is 16.1. The molecule has 0 amide bonds. The maximum absolute atomic E-state index is 12.6. The lowest BCUT2D eigenvalue weighted by atomic mass is 9.82. The van der Waals surface area contributed by atoms with E-state index in [2.05, 4.69) is 4.98 Å². The minimum atomic E-state index is -0.146. The van der Waals surface area contributed by atoms with E-state index < -0.39 is 0 Å². The zero-order valence-corrected chi connectivity index (χ0v) is 10.6. The van der Waals surface area contributed by atoms with Crippen molar-refractivity contribution in [2.45, 2.75) is 25.7 Å². The van der Waals surface area contributed by atoms with Crippen molar-refractivity contribution < 1.29 is 9.59 Å². The molecule has 0 spiro atoms. The number of carbonyl (C=O) groups is 2. The molecule has 1 heterocycles. The predicted octanol–water partition coefficient (Wildman–Crippen LogP) is 3.18. The van der Waals surface area contributed by atoms with Gasteiger partial charge >= 0.3 is 0 Å². The number of pyridine rings is 1. The van der Waals surface area contributed by atoms with Crippen molar-refractivity contribution in [2.75, 3.05) is 0 Å². The highest BCUT2D eigenvalue weighted by Gasteiger charge is 2.27. The summed E-state index contributed by atoms with van der Waals surface area (Å²) in [6.45, 7) is 0. The first kappa shape index (κ1) is 12.0. The SMILES string of the molecule is O=C1CCCC(C(=O)c2ccnc3ccccc23)C1. The fraction of sp³-hybridized carbons (Fsp3) is 0.312. The molecular formula is C16H15NO2. The van der Waals surface area contributed by atoms with E-state index in [4.69, 9.17) is 0 Å². The van der Waals surface area contributed by atoms with Crippen LogP contribution >= 0.6 is 0 Å². The average Bonchev–Trinajstić information content (AvgIpc) is 2.46. The van der Waals surface area contributed by atoms with Gasteiger partial charge in [-0.05, 0) is 25.0 Å². The van der Waals surface area contributed by atoms with E-state index in [9.17, 15) is 9.59 Å². The quantitative estimate of drug-likeness (QED) is 0.772. The van der Waals surface area contributed by atoms with E-state index >= 15 is 0 Å². The second kappa shape index (κ2) is 4.92. The monoisotopic (exact) mass is 253 g/mol. The molecule has 0 N–H and O–H groups in total. The van der Waals surface area contributed by atoms with Crippen LogP contribution in [0, 0.1) is 5.92 Å². The minimum Gasteiger partial charge on any atom is -0.300 e. The number of nitrogens with zero attached hydrogens (tertiary/aromatic N) is 1. The predicted molar refractivity (Wildman–Crippen MR) is 73.0 cm³/mol. The summed E-state index contributed by atoms with van der Waals surface area (Å²) in [5.74, 6) is 0.154. The van der Waals surface area contributed by atoms with Gasteiger partial charge in [0.05, 0.1) is 5.52 Å². The zero-order valence-electron chi connectivity index (χ0n) is 10.6. The molecule has 19 heavy (non-hydrogen) atoms. The lowest BCUT2D eigenvalue weighted by Crippen LogP contribution is -2.23. The molecular weight excluding hydrogens is 238 g/mol. The van der Waals surface area contributed by atoms with Gasteiger partial charge < -0.3 is 0 Å². The number of hydrogen-bond acceptors (Lipinski definition) is 3. The topological polar surface area (TPSA) is 47.0 Å². The summed E-state index contributed by atoms with van der Waals surface area (Å²) >= 11 is 0. The third kappa shape index (κ3) is 2.28. The van der Waals surface area contributed by atoms with Crippen molar-refractivity contribution in [3.05, 3.63) is 42.1 Å². The van der Waals surface area contributed by atoms with E-state index in [-0.39, 0.29) is 17.5 Å². The summed E-state index contributed by atoms with van der Waals surface area (Å²) in [5, 5.41) is 0.882. The van der Waals surface area contributed by atoms with Crippen LogP contribution in [-0.4, -0.2) is 16.6 Å². The highest BCUT2D eigenvalue weighted by molar-refractivity contribution is 6.09. The third-order valence-corrected chi connectivity index (χ3v) is 3.77. The second-order valence-corrected chi connectivity index (χ2v) is 5.07. The number of aromatic nitrogens is 1. The molecule has 3 rings (SSSR count). The number of hydrogen-bond donors (Lipinski definition) is 0. The summed E-state index contributed by atoms with van der Waals surface area (Å²) in [6, 6.07) is 9.41. The molecule has 1 aliphatic rings. The largest absolute Gasteiger partial charge is 0.300 e. The number of benzene rings is 1. The van der Waals surface area contributed by atoms with Crippen LogP contribution in [0.4, 0.5) is 0 Å². The molecule has 0 bridgehead atoms. The molecule has 0 radical (unpaired) electrons. The van der Waals surface area contributed by atoms with E-state index in [1.165, 1.54) is 0 Å². The first-order chi connectivity index (χ1) is 9.25. The van der Waals surface area contributed by atoms with Crippen LogP contribution in [-0.2, 0) is 4.79 Å². The molecule has 1 fully saturated rings. The summed E-state index contributed by atoms with van der Waals surface area (Å²) in [5.41, 5.74) is 1.53. The van der Waals surface area contributed by atoms with E-state index in [1.807, 2.05) is 24.3 Å². The van der Waals surface area contributed by atoms with Gasteiger partial charge in [-0.2, -0.15) is 0 Å². The van der Waals surface area contributed by atoms with Crippen molar-refractivity contribution in [1.82, 2.24) is 4.98 Å². The Morgan fingerprint density at radius 1 is 1.21 bits per heavy atom. The fourth-order valence-corrected chi connectivity index (χ4v) is 2.78. The summed E-state index contributed by atoms with van der Waals surface area (Å²) in [7, 11) is 0. The first-order valence-electron chi connectivity index (χ1n) is 6.65. The molecule has 1 unspecified atom stereocenters. The van der Waals surface area contributed by atoms with Gasteiger partial charge in [-0.25, -0.2) is 0 Å². The van der Waals surface area contributed by atoms with Gasteiger partial charge in [-0.15, -0.1) is 0 Å². The van der Waals surface area contributed by atoms with Crippen molar-refractivity contribution in [2.24, 2.45) is 5.92 Å². The Kier molecular flexibility index (Phi) is 3.11. The van der Waals surface area contributed by atoms with Crippen LogP contribution in [0.25, 0.3) is 10.9 Å². The van der Waals surface area contributed by atoms with Crippen LogP contribution < -0.4 is 0 Å². The summed E-state index contributed by atoms with van der Waals surface area (Å²) in [4.78, 5) is 28.4. The van der Waals surface area contributed by atoms with Crippen LogP contribution in [0.2, 0.25) is 0 Å². The Balaban J connectivity index is 1.99. The van der Waals surface area contributed by atoms with Crippen LogP contribution in [0.3, 0.4) is 0 Å². The zero-order chi connectivity index (χ0) is 13.2. The first-order valence-corrected chi connectivity index (χ1v) is 6.65. The van der Waals surface area contributed by atoms with Crippen LogP contribution in [0.5, 0.6) is 0 Å². The Hall–Kier alpha value is -2.03. The van der Waals surface area contributed by atoms with Crippen LogP contribution in [0.1, 0.15) is 36.0 Å². The summed E-state index contributed by atoms with van der Waals surface area (Å²) in [6.07, 6.45) is 4.34. The normalized spacial score (nSPS) is 19.6. The van der Waals surface area contributed by atoms with Crippen molar-refractivity contribution in [3.8, 4) is 0 Å². The summed E-state index contributed by atoms with van der Waals surface area (Å²) < 4.78 is 0. The number of ketones is 2. The fourth-order valence-electron chi connectivity index (χ4n) is 2.78. The van der Waals surface area contributed by atoms with Gasteiger partial charge in [-0.3, -0.25) is 14.6 Å². The third-order valence-electron chi connectivity index (χ3n) is 3.77. The van der Waals surface area contributed by atoms with E-state index in [1.54, 1.807) is 12.3 Å². The molecule has 3 heteroatoms. The molecule has 3 nitrogen and oxygen atoms in total. The van der Waals surface area contributed by atoms with Gasteiger partial charge in [0.15, 0.2) is 5.78 Å². The number of fused-ring (bicyclic) bond motifs is 1. The number of Topliss-reactive ketones (excluding diaryl/α,β-unsaturated/α-hetero) is 2. The maximum atomic E-state index is 12.6. The Labute approximate surface area is 111 Å². The smallest absolute Gasteiger partial charge is 0.167 e. The molecule has 2 aromatic rings. The lowest BCUT2D eigenvalue weighted by Gasteiger charge is -2.20. The lowest BCUT2D eigenvalue weighted by molar-refractivity contribution is -0.121. The number of carbonyl (C=O) groups excluding carboxylic acids is 2. The van der Waals surface area contributed by atoms with Gasteiger partial charge in [0, 0.05) is 35.9 Å². The van der Waals surface area contributed by atoms with E-state index in [0.29, 0.717) is 18.4 Å². The Morgan fingerprint density at radius 3 is 2.89 bits per heavy atom. The molecule has 96 valence electrons. The van der Waals surface area contributed by atoms with Crippen LogP contribution in [0.15, 0.2) is 36.5 Å². The molecule has 0 aliphatic heterocycles. The van der Waals surface area contributed by atoms with Gasteiger partial charge in [-0.1, -0.05) is 18.2 Å². The van der Waals surface area contributed by atoms with Gasteiger partial charge in [0.2, 0.25) is 0 Å². The van der Waals surface area contributed by atoms with E-state index in [0.717, 1.165) is 23.7 Å². The van der Waals surface area contributed by atoms with Gasteiger partial charge in [0.1, 0.15) is 5.78 Å². The highest BCUT2D eigenvalue weighted by Crippen LogP contribution is 2.27. The molecule has 1 atom stereocenters. The maximum Gasteiger partial charge on any atom is 0.167 e. The number of rotatable bonds is 2. The Bertz CT molecular complexity index is 643.